The number of phosphoric ester groups is 2. The first-order chi connectivity index (χ1) is 49.8. The van der Waals surface area contributed by atoms with E-state index in [9.17, 15) is 43.2 Å². The Kier molecular flexibility index (Phi) is 72.8. The zero-order valence-electron chi connectivity index (χ0n) is 67.8. The van der Waals surface area contributed by atoms with E-state index in [1.54, 1.807) is 0 Å². The normalized spacial score (nSPS) is 14.2. The van der Waals surface area contributed by atoms with E-state index in [4.69, 9.17) is 37.0 Å². The summed E-state index contributed by atoms with van der Waals surface area (Å²) >= 11 is 0. The summed E-state index contributed by atoms with van der Waals surface area (Å²) in [6.07, 6.45) is 63.7. The molecule has 0 spiro atoms. The minimum Gasteiger partial charge on any atom is -0.462 e. The zero-order valence-corrected chi connectivity index (χ0v) is 69.6. The van der Waals surface area contributed by atoms with Crippen LogP contribution in [0.2, 0.25) is 0 Å². The molecule has 0 rings (SSSR count). The summed E-state index contributed by atoms with van der Waals surface area (Å²) in [6, 6.07) is 0. The average Bonchev–Trinajstić information content (AvgIpc) is 0.909. The number of carbonyl (C=O) groups is 4. The van der Waals surface area contributed by atoms with Crippen LogP contribution in [0.1, 0.15) is 440 Å². The molecule has 0 saturated heterocycles. The van der Waals surface area contributed by atoms with Gasteiger partial charge >= 0.3 is 39.5 Å². The molecule has 3 N–H and O–H groups in total. The molecule has 0 aromatic heterocycles. The predicted molar refractivity (Wildman–Crippen MR) is 423 cm³/mol. The number of phosphoric acid groups is 2. The average molecular weight is 1510 g/mol. The molecule has 0 aliphatic rings. The van der Waals surface area contributed by atoms with Gasteiger partial charge in [-0.1, -0.05) is 389 Å². The first kappa shape index (κ1) is 101. The molecule has 0 heterocycles. The second-order valence-corrected chi connectivity index (χ2v) is 34.3. The molecule has 0 aliphatic carbocycles. The number of ether oxygens (including phenoxy) is 4. The summed E-state index contributed by atoms with van der Waals surface area (Å²) in [6.45, 7) is 12.0. The number of hydrogen-bond acceptors (Lipinski definition) is 15. The molecular weight excluding hydrogens is 1340 g/mol. The Morgan fingerprint density at radius 2 is 0.495 bits per heavy atom. The maximum absolute atomic E-state index is 13.1. The van der Waals surface area contributed by atoms with E-state index < -0.39 is 97.5 Å². The molecule has 0 fully saturated rings. The summed E-state index contributed by atoms with van der Waals surface area (Å²) in [7, 11) is -9.93. The molecule has 0 bridgehead atoms. The highest BCUT2D eigenvalue weighted by Gasteiger charge is 2.30. The first-order valence-corrected chi connectivity index (χ1v) is 46.4. The molecule has 0 radical (unpaired) electrons. The van der Waals surface area contributed by atoms with Crippen molar-refractivity contribution < 1.29 is 80.2 Å². The maximum Gasteiger partial charge on any atom is 0.472 e. The molecule has 19 heteroatoms. The van der Waals surface area contributed by atoms with Gasteiger partial charge in [0, 0.05) is 25.7 Å². The van der Waals surface area contributed by atoms with E-state index >= 15 is 0 Å². The number of aliphatic hydroxyl groups excluding tert-OH is 1. The lowest BCUT2D eigenvalue weighted by molar-refractivity contribution is -0.161. The lowest BCUT2D eigenvalue weighted by Crippen LogP contribution is -2.30. The van der Waals surface area contributed by atoms with Crippen LogP contribution in [0.4, 0.5) is 0 Å². The fourth-order valence-electron chi connectivity index (χ4n) is 13.0. The second-order valence-electron chi connectivity index (χ2n) is 31.4. The molecule has 6 atom stereocenters. The van der Waals surface area contributed by atoms with Crippen molar-refractivity contribution in [1.29, 1.82) is 0 Å². The summed E-state index contributed by atoms with van der Waals surface area (Å²) in [5.74, 6) is 0.288. The fourth-order valence-corrected chi connectivity index (χ4v) is 14.6. The summed E-state index contributed by atoms with van der Waals surface area (Å²) in [5, 5.41) is 10.7. The third kappa shape index (κ3) is 76.6. The number of hydrogen-bond donors (Lipinski definition) is 3. The molecule has 103 heavy (non-hydrogen) atoms. The maximum atomic E-state index is 13.1. The molecule has 0 aliphatic heterocycles. The van der Waals surface area contributed by atoms with Gasteiger partial charge in [-0.15, -0.1) is 0 Å². The first-order valence-electron chi connectivity index (χ1n) is 43.4. The van der Waals surface area contributed by atoms with Gasteiger partial charge < -0.3 is 33.8 Å². The van der Waals surface area contributed by atoms with Crippen molar-refractivity contribution in [2.24, 2.45) is 17.8 Å². The minimum atomic E-state index is -4.97. The molecule has 0 saturated carbocycles. The van der Waals surface area contributed by atoms with Crippen LogP contribution in [0.5, 0.6) is 0 Å². The highest BCUT2D eigenvalue weighted by molar-refractivity contribution is 7.47. The van der Waals surface area contributed by atoms with Crippen molar-refractivity contribution in [1.82, 2.24) is 0 Å². The third-order valence-electron chi connectivity index (χ3n) is 20.0. The largest absolute Gasteiger partial charge is 0.472 e. The molecule has 3 unspecified atom stereocenters. The van der Waals surface area contributed by atoms with Crippen LogP contribution in [0.3, 0.4) is 0 Å². The SMILES string of the molecule is CCCCCCCCCCCCCCCCC(=O)O[C@H](COC(=O)CCCCCCCCCCC(C)CC)COP(=O)(O)OC[C@H](O)COP(=O)(O)OC[C@@H](COC(=O)CCCCCCCCCCCCCCCCCC(C)C)OC(=O)CCCCCCCCCCCCCCCCCCC(C)C. The number of carbonyl (C=O) groups excluding carboxylic acids is 4. The molecule has 17 nitrogen and oxygen atoms in total. The lowest BCUT2D eigenvalue weighted by Gasteiger charge is -2.21. The van der Waals surface area contributed by atoms with Crippen LogP contribution in [0.25, 0.3) is 0 Å². The Labute approximate surface area is 632 Å². The van der Waals surface area contributed by atoms with E-state index in [2.05, 4.69) is 48.5 Å². The van der Waals surface area contributed by atoms with E-state index in [1.165, 1.54) is 250 Å². The Morgan fingerprint density at radius 3 is 0.738 bits per heavy atom. The topological polar surface area (TPSA) is 237 Å². The van der Waals surface area contributed by atoms with Gasteiger partial charge in [-0.05, 0) is 43.4 Å². The van der Waals surface area contributed by atoms with E-state index in [1.807, 2.05) is 0 Å². The third-order valence-corrected chi connectivity index (χ3v) is 21.9. The van der Waals surface area contributed by atoms with Crippen molar-refractivity contribution in [3.8, 4) is 0 Å². The van der Waals surface area contributed by atoms with Crippen LogP contribution in [0, 0.1) is 17.8 Å². The Morgan fingerprint density at radius 1 is 0.282 bits per heavy atom. The van der Waals surface area contributed by atoms with Crippen molar-refractivity contribution in [3.63, 3.8) is 0 Å². The number of unbranched alkanes of at least 4 members (excludes halogenated alkanes) is 49. The quantitative estimate of drug-likeness (QED) is 0.0222. The van der Waals surface area contributed by atoms with Crippen molar-refractivity contribution >= 4 is 39.5 Å². The Hall–Kier alpha value is -1.94. The van der Waals surface area contributed by atoms with Gasteiger partial charge in [0.05, 0.1) is 26.4 Å². The number of rotatable bonds is 82. The second kappa shape index (κ2) is 74.2. The van der Waals surface area contributed by atoms with Gasteiger partial charge in [-0.25, -0.2) is 9.13 Å². The summed E-state index contributed by atoms with van der Waals surface area (Å²) in [5.41, 5.74) is 0. The Balaban J connectivity index is 5.26. The zero-order chi connectivity index (χ0) is 75.8. The monoisotopic (exact) mass is 1510 g/mol. The van der Waals surface area contributed by atoms with E-state index in [-0.39, 0.29) is 25.7 Å². The number of esters is 4. The van der Waals surface area contributed by atoms with Gasteiger partial charge in [0.2, 0.25) is 0 Å². The van der Waals surface area contributed by atoms with Crippen molar-refractivity contribution in [2.45, 2.75) is 458 Å². The molecule has 612 valence electrons. The van der Waals surface area contributed by atoms with Crippen LogP contribution in [0.15, 0.2) is 0 Å². The molecule has 0 aromatic rings. The van der Waals surface area contributed by atoms with Crippen molar-refractivity contribution in [3.05, 3.63) is 0 Å². The summed E-state index contributed by atoms with van der Waals surface area (Å²) < 4.78 is 68.9. The van der Waals surface area contributed by atoms with Gasteiger partial charge in [0.1, 0.15) is 19.3 Å². The van der Waals surface area contributed by atoms with Crippen LogP contribution in [-0.2, 0) is 65.4 Å². The molecular formula is C84H164O17P2. The highest BCUT2D eigenvalue weighted by atomic mass is 31.2. The highest BCUT2D eigenvalue weighted by Crippen LogP contribution is 2.45. The van der Waals surface area contributed by atoms with Gasteiger partial charge in [0.25, 0.3) is 0 Å². The van der Waals surface area contributed by atoms with Crippen LogP contribution < -0.4 is 0 Å². The van der Waals surface area contributed by atoms with E-state index in [0.717, 1.165) is 108 Å². The van der Waals surface area contributed by atoms with Crippen LogP contribution >= 0.6 is 15.6 Å². The van der Waals surface area contributed by atoms with Gasteiger partial charge in [-0.3, -0.25) is 37.3 Å². The van der Waals surface area contributed by atoms with Crippen molar-refractivity contribution in [2.75, 3.05) is 39.6 Å². The Bertz CT molecular complexity index is 1990. The minimum absolute atomic E-state index is 0.107. The summed E-state index contributed by atoms with van der Waals surface area (Å²) in [4.78, 5) is 73.2. The lowest BCUT2D eigenvalue weighted by atomic mass is 9.99. The predicted octanol–water partition coefficient (Wildman–Crippen LogP) is 25.3. The number of aliphatic hydroxyl groups is 1. The molecule has 0 aromatic carbocycles. The fraction of sp³-hybridized carbons (Fsp3) is 0.952. The van der Waals surface area contributed by atoms with Gasteiger partial charge in [-0.2, -0.15) is 0 Å². The standard InChI is InChI=1S/C84H164O17P2/c1-8-10-11-12-13-14-15-16-26-32-37-46-53-60-67-83(88)101-80(72-95-82(87)66-59-52-45-40-39-43-50-57-64-77(7)9-2)74-99-103(92,93)97-70-78(85)69-96-102(90,91)98-73-79(71-94-81(86)65-58-51-44-36-31-27-23-19-21-25-30-35-42-49-56-63-76(5)6)100-84(89)68-61-54-47-38-33-28-22-18-17-20-24-29-34-41-48-55-62-75(3)4/h75-80,85H,8-74H2,1-7H3,(H,90,91)(H,92,93)/t77?,78-,79-,80-/m1/s1. The smallest absolute Gasteiger partial charge is 0.462 e. The van der Waals surface area contributed by atoms with E-state index in [0.29, 0.717) is 25.7 Å². The molecule has 0 amide bonds. The van der Waals surface area contributed by atoms with Crippen LogP contribution in [-0.4, -0.2) is 96.7 Å². The van der Waals surface area contributed by atoms with Gasteiger partial charge in [0.15, 0.2) is 12.2 Å².